The first-order valence-corrected chi connectivity index (χ1v) is 12.8. The van der Waals surface area contributed by atoms with E-state index in [9.17, 15) is 0 Å². The van der Waals surface area contributed by atoms with Gasteiger partial charge in [-0.15, -0.1) is 34.0 Å². The topological polar surface area (TPSA) is 0 Å². The summed E-state index contributed by atoms with van der Waals surface area (Å²) in [6, 6.07) is 30.8. The molecule has 0 fully saturated rings. The molecule has 150 valence electrons. The SMILES string of the molecule is Cc1sc(-c2ccccc2)cc1-c1sc2ccccc2c1-c1c(C)sc2ccccc12. The lowest BCUT2D eigenvalue weighted by Crippen LogP contribution is -1.82. The van der Waals surface area contributed by atoms with E-state index in [0.29, 0.717) is 0 Å². The molecule has 0 radical (unpaired) electrons. The molecule has 0 amide bonds. The van der Waals surface area contributed by atoms with Crippen molar-refractivity contribution in [1.29, 1.82) is 0 Å². The van der Waals surface area contributed by atoms with E-state index < -0.39 is 0 Å². The van der Waals surface area contributed by atoms with Gasteiger partial charge >= 0.3 is 0 Å². The molecule has 0 nitrogen and oxygen atoms in total. The molecule has 0 unspecified atom stereocenters. The summed E-state index contributed by atoms with van der Waals surface area (Å²) in [6.45, 7) is 4.53. The highest BCUT2D eigenvalue weighted by atomic mass is 32.1. The highest BCUT2D eigenvalue weighted by molar-refractivity contribution is 7.24. The van der Waals surface area contributed by atoms with E-state index in [4.69, 9.17) is 0 Å². The maximum atomic E-state index is 2.40. The van der Waals surface area contributed by atoms with E-state index in [1.807, 2.05) is 34.0 Å². The van der Waals surface area contributed by atoms with Crippen molar-refractivity contribution in [2.45, 2.75) is 13.8 Å². The van der Waals surface area contributed by atoms with Crippen LogP contribution in [0.5, 0.6) is 0 Å². The highest BCUT2D eigenvalue weighted by Gasteiger charge is 2.22. The third kappa shape index (κ3) is 3.08. The van der Waals surface area contributed by atoms with Crippen LogP contribution in [0, 0.1) is 13.8 Å². The third-order valence-corrected chi connectivity index (χ3v) is 9.23. The van der Waals surface area contributed by atoms with Gasteiger partial charge in [-0.25, -0.2) is 0 Å². The minimum absolute atomic E-state index is 1.29. The number of hydrogen-bond donors (Lipinski definition) is 0. The Hall–Kier alpha value is -2.72. The molecule has 0 bridgehead atoms. The van der Waals surface area contributed by atoms with Crippen molar-refractivity contribution < 1.29 is 0 Å². The van der Waals surface area contributed by atoms with Gasteiger partial charge in [0, 0.05) is 56.4 Å². The van der Waals surface area contributed by atoms with Gasteiger partial charge in [-0.05, 0) is 37.6 Å². The number of aryl methyl sites for hydroxylation is 2. The van der Waals surface area contributed by atoms with Crippen LogP contribution in [0.4, 0.5) is 0 Å². The monoisotopic (exact) mass is 452 g/mol. The summed E-state index contributed by atoms with van der Waals surface area (Å²) in [5.74, 6) is 0. The van der Waals surface area contributed by atoms with Crippen LogP contribution in [-0.2, 0) is 0 Å². The number of hydrogen-bond acceptors (Lipinski definition) is 3. The van der Waals surface area contributed by atoms with Gasteiger partial charge in [0.05, 0.1) is 0 Å². The second-order valence-electron chi connectivity index (χ2n) is 7.78. The van der Waals surface area contributed by atoms with Crippen molar-refractivity contribution in [1.82, 2.24) is 0 Å². The van der Waals surface area contributed by atoms with Crippen LogP contribution in [0.1, 0.15) is 9.75 Å². The molecule has 0 N–H and O–H groups in total. The Bertz CT molecular complexity index is 1540. The van der Waals surface area contributed by atoms with Gasteiger partial charge in [0.1, 0.15) is 0 Å². The first-order chi connectivity index (χ1) is 15.2. The zero-order chi connectivity index (χ0) is 20.9. The third-order valence-electron chi connectivity index (χ3n) is 5.84. The van der Waals surface area contributed by atoms with Gasteiger partial charge in [-0.1, -0.05) is 66.7 Å². The second kappa shape index (κ2) is 7.45. The van der Waals surface area contributed by atoms with E-state index >= 15 is 0 Å². The van der Waals surface area contributed by atoms with E-state index in [1.165, 1.54) is 61.9 Å². The molecule has 0 aliphatic carbocycles. The van der Waals surface area contributed by atoms with Crippen molar-refractivity contribution in [2.24, 2.45) is 0 Å². The fraction of sp³-hybridized carbons (Fsp3) is 0.0714. The van der Waals surface area contributed by atoms with Crippen LogP contribution in [0.25, 0.3) is 52.2 Å². The Balaban J connectivity index is 1.66. The second-order valence-corrected chi connectivity index (χ2v) is 11.3. The van der Waals surface area contributed by atoms with Gasteiger partial charge in [-0.2, -0.15) is 0 Å². The van der Waals surface area contributed by atoms with E-state index in [1.54, 1.807) is 0 Å². The smallest absolute Gasteiger partial charge is 0.0445 e. The summed E-state index contributed by atoms with van der Waals surface area (Å²) in [7, 11) is 0. The normalized spacial score (nSPS) is 11.5. The minimum atomic E-state index is 1.29. The first kappa shape index (κ1) is 19.0. The van der Waals surface area contributed by atoms with Gasteiger partial charge in [0.15, 0.2) is 0 Å². The average molecular weight is 453 g/mol. The lowest BCUT2D eigenvalue weighted by molar-refractivity contribution is 1.61. The quantitative estimate of drug-likeness (QED) is 0.251. The molecular formula is C28H20S3. The number of thiophene rings is 3. The zero-order valence-electron chi connectivity index (χ0n) is 17.3. The average Bonchev–Trinajstić information content (AvgIpc) is 3.46. The van der Waals surface area contributed by atoms with E-state index in [2.05, 4.69) is 98.8 Å². The number of fused-ring (bicyclic) bond motifs is 2. The van der Waals surface area contributed by atoms with E-state index in [-0.39, 0.29) is 0 Å². The Morgan fingerprint density at radius 2 is 1.16 bits per heavy atom. The lowest BCUT2D eigenvalue weighted by atomic mass is 9.96. The Kier molecular flexibility index (Phi) is 4.57. The molecule has 0 atom stereocenters. The molecule has 0 saturated heterocycles. The molecule has 0 saturated carbocycles. The molecule has 3 heteroatoms. The van der Waals surface area contributed by atoms with Gasteiger partial charge in [0.2, 0.25) is 0 Å². The molecule has 3 aromatic carbocycles. The molecule has 0 aliphatic heterocycles. The predicted octanol–water partition coefficient (Wildman–Crippen LogP) is 9.80. The van der Waals surface area contributed by atoms with Crippen LogP contribution in [-0.4, -0.2) is 0 Å². The lowest BCUT2D eigenvalue weighted by Gasteiger charge is -2.06. The highest BCUT2D eigenvalue weighted by Crippen LogP contribution is 2.51. The zero-order valence-corrected chi connectivity index (χ0v) is 19.8. The van der Waals surface area contributed by atoms with Gasteiger partial charge in [-0.3, -0.25) is 0 Å². The summed E-state index contributed by atoms with van der Waals surface area (Å²) in [4.78, 5) is 5.50. The van der Waals surface area contributed by atoms with Crippen LogP contribution < -0.4 is 0 Å². The van der Waals surface area contributed by atoms with Crippen LogP contribution in [0.15, 0.2) is 84.9 Å². The number of rotatable bonds is 3. The summed E-state index contributed by atoms with van der Waals surface area (Å²) in [5.41, 5.74) is 5.47. The maximum Gasteiger partial charge on any atom is 0.0445 e. The Morgan fingerprint density at radius 3 is 1.90 bits per heavy atom. The minimum Gasteiger partial charge on any atom is -0.140 e. The molecule has 31 heavy (non-hydrogen) atoms. The van der Waals surface area contributed by atoms with Crippen LogP contribution in [0.3, 0.4) is 0 Å². The van der Waals surface area contributed by atoms with Crippen molar-refractivity contribution in [3.05, 3.63) is 94.7 Å². The van der Waals surface area contributed by atoms with Crippen LogP contribution in [0.2, 0.25) is 0 Å². The largest absolute Gasteiger partial charge is 0.140 e. The van der Waals surface area contributed by atoms with Gasteiger partial charge in [0.25, 0.3) is 0 Å². The van der Waals surface area contributed by atoms with E-state index in [0.717, 1.165) is 0 Å². The molecule has 6 rings (SSSR count). The summed E-state index contributed by atoms with van der Waals surface area (Å²) < 4.78 is 2.72. The van der Waals surface area contributed by atoms with Crippen LogP contribution >= 0.6 is 34.0 Å². The molecule has 3 heterocycles. The summed E-state index contributed by atoms with van der Waals surface area (Å²) >= 11 is 5.72. The standard InChI is InChI=1S/C28H20S3/c1-17-22(16-25(29-17)19-10-4-3-5-11-19)28-27(21-13-7-9-15-24(21)31-28)26-18(2)30-23-14-8-6-12-20(23)26/h3-16H,1-2H3. The van der Waals surface area contributed by atoms with Crippen molar-refractivity contribution >= 4 is 54.2 Å². The first-order valence-electron chi connectivity index (χ1n) is 10.4. The summed E-state index contributed by atoms with van der Waals surface area (Å²) in [5, 5.41) is 2.73. The fourth-order valence-corrected chi connectivity index (χ4v) is 7.86. The van der Waals surface area contributed by atoms with Gasteiger partial charge < -0.3 is 0 Å². The van der Waals surface area contributed by atoms with Crippen molar-refractivity contribution in [3.63, 3.8) is 0 Å². The molecular weight excluding hydrogens is 433 g/mol. The molecule has 0 spiro atoms. The molecule has 3 aromatic heterocycles. The number of benzene rings is 3. The fourth-order valence-electron chi connectivity index (χ4n) is 4.41. The molecule has 0 aliphatic rings. The molecule has 6 aromatic rings. The summed E-state index contributed by atoms with van der Waals surface area (Å²) in [6.07, 6.45) is 0. The predicted molar refractivity (Wildman–Crippen MR) is 141 cm³/mol. The maximum absolute atomic E-state index is 2.40. The Morgan fingerprint density at radius 1 is 0.548 bits per heavy atom. The van der Waals surface area contributed by atoms with Crippen molar-refractivity contribution in [3.8, 4) is 32.0 Å². The van der Waals surface area contributed by atoms with Crippen molar-refractivity contribution in [2.75, 3.05) is 0 Å². The Labute approximate surface area is 194 Å².